The highest BCUT2D eigenvalue weighted by molar-refractivity contribution is 4.74. The van der Waals surface area contributed by atoms with Gasteiger partial charge in [0.2, 0.25) is 0 Å². The van der Waals surface area contributed by atoms with Crippen molar-refractivity contribution in [2.24, 2.45) is 11.8 Å². The van der Waals surface area contributed by atoms with Crippen molar-refractivity contribution in [1.82, 2.24) is 4.90 Å². The predicted molar refractivity (Wildman–Crippen MR) is 54.3 cm³/mol. The molecule has 12 heavy (non-hydrogen) atoms. The van der Waals surface area contributed by atoms with Crippen LogP contribution in [0.4, 0.5) is 0 Å². The van der Waals surface area contributed by atoms with Crippen LogP contribution < -0.4 is 0 Å². The summed E-state index contributed by atoms with van der Waals surface area (Å²) in [7, 11) is 0. The van der Waals surface area contributed by atoms with Crippen molar-refractivity contribution in [2.75, 3.05) is 19.6 Å². The average molecular weight is 169 g/mol. The Hall–Kier alpha value is -0.0400. The smallest absolute Gasteiger partial charge is 0.000957 e. The topological polar surface area (TPSA) is 3.24 Å². The summed E-state index contributed by atoms with van der Waals surface area (Å²) in [6, 6.07) is 0. The zero-order chi connectivity index (χ0) is 8.97. The molecule has 1 fully saturated rings. The summed E-state index contributed by atoms with van der Waals surface area (Å²) < 4.78 is 0. The van der Waals surface area contributed by atoms with Crippen LogP contribution in [0, 0.1) is 11.8 Å². The molecule has 1 nitrogen and oxygen atoms in total. The third-order valence-electron chi connectivity index (χ3n) is 3.18. The van der Waals surface area contributed by atoms with Crippen molar-refractivity contribution in [2.45, 2.75) is 40.0 Å². The van der Waals surface area contributed by atoms with E-state index in [4.69, 9.17) is 0 Å². The molecule has 0 aromatic heterocycles. The summed E-state index contributed by atoms with van der Waals surface area (Å²) in [5.41, 5.74) is 0. The Morgan fingerprint density at radius 3 is 2.42 bits per heavy atom. The minimum Gasteiger partial charge on any atom is -0.303 e. The minimum absolute atomic E-state index is 0.940. The molecule has 1 unspecified atom stereocenters. The maximum atomic E-state index is 2.64. The first-order valence-corrected chi connectivity index (χ1v) is 5.48. The van der Waals surface area contributed by atoms with Crippen molar-refractivity contribution in [3.05, 3.63) is 0 Å². The van der Waals surface area contributed by atoms with E-state index in [0.29, 0.717) is 0 Å². The van der Waals surface area contributed by atoms with Gasteiger partial charge in [-0.1, -0.05) is 33.6 Å². The normalized spacial score (nSPS) is 25.5. The van der Waals surface area contributed by atoms with Gasteiger partial charge in [0, 0.05) is 13.1 Å². The van der Waals surface area contributed by atoms with Crippen molar-refractivity contribution >= 4 is 0 Å². The van der Waals surface area contributed by atoms with Gasteiger partial charge in [-0.25, -0.2) is 0 Å². The molecule has 1 aliphatic heterocycles. The van der Waals surface area contributed by atoms with Gasteiger partial charge in [0.15, 0.2) is 0 Å². The van der Waals surface area contributed by atoms with E-state index >= 15 is 0 Å². The first kappa shape index (κ1) is 10.0. The molecular formula is C11H23N. The summed E-state index contributed by atoms with van der Waals surface area (Å²) in [6.07, 6.45) is 4.11. The van der Waals surface area contributed by atoms with Gasteiger partial charge in [0.25, 0.3) is 0 Å². The summed E-state index contributed by atoms with van der Waals surface area (Å²) in [5.74, 6) is 1.88. The molecule has 0 aromatic rings. The van der Waals surface area contributed by atoms with Crippen LogP contribution in [0.1, 0.15) is 40.0 Å². The third kappa shape index (κ3) is 2.78. The molecule has 1 heterocycles. The Labute approximate surface area is 77.1 Å². The van der Waals surface area contributed by atoms with Crippen LogP contribution in [0.25, 0.3) is 0 Å². The van der Waals surface area contributed by atoms with Gasteiger partial charge in [0.1, 0.15) is 0 Å². The second-order valence-electron chi connectivity index (χ2n) is 4.34. The maximum absolute atomic E-state index is 2.64. The molecule has 1 atom stereocenters. The lowest BCUT2D eigenvalue weighted by molar-refractivity contribution is 0.262. The zero-order valence-electron chi connectivity index (χ0n) is 8.84. The first-order chi connectivity index (χ1) is 5.76. The van der Waals surface area contributed by atoms with E-state index in [1.165, 1.54) is 38.9 Å². The molecule has 0 saturated carbocycles. The van der Waals surface area contributed by atoms with E-state index in [0.717, 1.165) is 11.8 Å². The Morgan fingerprint density at radius 1 is 1.33 bits per heavy atom. The quantitative estimate of drug-likeness (QED) is 0.625. The second kappa shape index (κ2) is 4.86. The maximum Gasteiger partial charge on any atom is 0.000957 e. The molecule has 0 aromatic carbocycles. The van der Waals surface area contributed by atoms with E-state index in [1.807, 2.05) is 0 Å². The lowest BCUT2D eigenvalue weighted by Crippen LogP contribution is -2.26. The SMILES string of the molecule is CCC(CC)CN1CCC(C)C1. The second-order valence-corrected chi connectivity index (χ2v) is 4.34. The summed E-state index contributed by atoms with van der Waals surface area (Å²) >= 11 is 0. The van der Waals surface area contributed by atoms with Crippen molar-refractivity contribution in [1.29, 1.82) is 0 Å². The van der Waals surface area contributed by atoms with Crippen molar-refractivity contribution in [3.63, 3.8) is 0 Å². The number of hydrogen-bond acceptors (Lipinski definition) is 1. The predicted octanol–water partition coefficient (Wildman–Crippen LogP) is 2.76. The van der Waals surface area contributed by atoms with Gasteiger partial charge in [-0.15, -0.1) is 0 Å². The van der Waals surface area contributed by atoms with E-state index < -0.39 is 0 Å². The number of likely N-dealkylation sites (tertiary alicyclic amines) is 1. The highest BCUT2D eigenvalue weighted by Gasteiger charge is 2.20. The van der Waals surface area contributed by atoms with Crippen LogP contribution in [-0.4, -0.2) is 24.5 Å². The monoisotopic (exact) mass is 169 g/mol. The molecule has 0 radical (unpaired) electrons. The molecule has 0 bridgehead atoms. The molecule has 72 valence electrons. The Morgan fingerprint density at radius 2 is 2.00 bits per heavy atom. The highest BCUT2D eigenvalue weighted by Crippen LogP contribution is 2.18. The fourth-order valence-electron chi connectivity index (χ4n) is 2.10. The summed E-state index contributed by atoms with van der Waals surface area (Å²) in [6.45, 7) is 11.0. The lowest BCUT2D eigenvalue weighted by atomic mass is 10.0. The van der Waals surface area contributed by atoms with Gasteiger partial charge in [-0.2, -0.15) is 0 Å². The number of hydrogen-bond donors (Lipinski definition) is 0. The molecule has 1 rings (SSSR count). The van der Waals surface area contributed by atoms with Crippen LogP contribution in [0.5, 0.6) is 0 Å². The standard InChI is InChI=1S/C11H23N/c1-4-11(5-2)9-12-7-6-10(3)8-12/h10-11H,4-9H2,1-3H3. The third-order valence-corrected chi connectivity index (χ3v) is 3.18. The highest BCUT2D eigenvalue weighted by atomic mass is 15.1. The van der Waals surface area contributed by atoms with Crippen LogP contribution in [-0.2, 0) is 0 Å². The van der Waals surface area contributed by atoms with E-state index in [2.05, 4.69) is 25.7 Å². The minimum atomic E-state index is 0.940. The Kier molecular flexibility index (Phi) is 4.07. The molecule has 1 heteroatoms. The van der Waals surface area contributed by atoms with Gasteiger partial charge >= 0.3 is 0 Å². The lowest BCUT2D eigenvalue weighted by Gasteiger charge is -2.21. The number of rotatable bonds is 4. The van der Waals surface area contributed by atoms with Crippen LogP contribution >= 0.6 is 0 Å². The van der Waals surface area contributed by atoms with Crippen LogP contribution in [0.3, 0.4) is 0 Å². The molecule has 1 aliphatic rings. The molecule has 1 saturated heterocycles. The largest absolute Gasteiger partial charge is 0.303 e. The fourth-order valence-corrected chi connectivity index (χ4v) is 2.10. The molecular weight excluding hydrogens is 146 g/mol. The van der Waals surface area contributed by atoms with Gasteiger partial charge in [-0.3, -0.25) is 0 Å². The van der Waals surface area contributed by atoms with E-state index in [-0.39, 0.29) is 0 Å². The van der Waals surface area contributed by atoms with Crippen molar-refractivity contribution in [3.8, 4) is 0 Å². The molecule has 0 spiro atoms. The number of nitrogens with zero attached hydrogens (tertiary/aromatic N) is 1. The van der Waals surface area contributed by atoms with Crippen molar-refractivity contribution < 1.29 is 0 Å². The van der Waals surface area contributed by atoms with Gasteiger partial charge < -0.3 is 4.90 Å². The molecule has 0 aliphatic carbocycles. The fraction of sp³-hybridized carbons (Fsp3) is 1.00. The van der Waals surface area contributed by atoms with Gasteiger partial charge in [-0.05, 0) is 24.8 Å². The van der Waals surface area contributed by atoms with Crippen LogP contribution in [0.2, 0.25) is 0 Å². The molecule has 0 amide bonds. The average Bonchev–Trinajstić information content (AvgIpc) is 2.47. The summed E-state index contributed by atoms with van der Waals surface area (Å²) in [5, 5.41) is 0. The Bertz CT molecular complexity index is 118. The van der Waals surface area contributed by atoms with Crippen LogP contribution in [0.15, 0.2) is 0 Å². The van der Waals surface area contributed by atoms with Gasteiger partial charge in [0.05, 0.1) is 0 Å². The first-order valence-electron chi connectivity index (χ1n) is 5.48. The summed E-state index contributed by atoms with van der Waals surface area (Å²) in [4.78, 5) is 2.64. The molecule has 0 N–H and O–H groups in total. The zero-order valence-corrected chi connectivity index (χ0v) is 8.84. The Balaban J connectivity index is 2.21. The van der Waals surface area contributed by atoms with E-state index in [1.54, 1.807) is 0 Å². The van der Waals surface area contributed by atoms with E-state index in [9.17, 15) is 0 Å².